The smallest absolute Gasteiger partial charge is 0.325 e. The highest BCUT2D eigenvalue weighted by Crippen LogP contribution is 2.35. The van der Waals surface area contributed by atoms with Crippen molar-refractivity contribution in [1.82, 2.24) is 20.4 Å². The van der Waals surface area contributed by atoms with E-state index in [1.807, 2.05) is 0 Å². The molecule has 0 bridgehead atoms. The van der Waals surface area contributed by atoms with Crippen LogP contribution in [-0.2, 0) is 19.1 Å². The number of nitrogens with one attached hydrogen (secondary N) is 2. The number of hydrogen-bond acceptors (Lipinski definition) is 6. The Morgan fingerprint density at radius 3 is 2.52 bits per heavy atom. The lowest BCUT2D eigenvalue weighted by molar-refractivity contribution is -0.157. The van der Waals surface area contributed by atoms with Gasteiger partial charge in [0.25, 0.3) is 11.8 Å². The number of amides is 6. The van der Waals surface area contributed by atoms with Crippen molar-refractivity contribution >= 4 is 29.8 Å². The Labute approximate surface area is 156 Å². The van der Waals surface area contributed by atoms with E-state index in [-0.39, 0.29) is 31.8 Å². The second-order valence-electron chi connectivity index (χ2n) is 7.13. The summed E-state index contributed by atoms with van der Waals surface area (Å²) in [6.07, 6.45) is 2.27. The number of esters is 1. The van der Waals surface area contributed by atoms with E-state index in [1.54, 1.807) is 0 Å². The summed E-state index contributed by atoms with van der Waals surface area (Å²) in [5.74, 6) is -1.41. The van der Waals surface area contributed by atoms with Gasteiger partial charge < -0.3 is 15.4 Å². The third-order valence-electron chi connectivity index (χ3n) is 5.24. The molecule has 1 spiro atoms. The topological polar surface area (TPSA) is 125 Å². The molecule has 3 rings (SSSR count). The molecule has 10 heteroatoms. The van der Waals surface area contributed by atoms with Crippen molar-refractivity contribution in [2.45, 2.75) is 57.1 Å². The third kappa shape index (κ3) is 3.74. The number of imide groups is 2. The monoisotopic (exact) mass is 380 g/mol. The second kappa shape index (κ2) is 7.53. The second-order valence-corrected chi connectivity index (χ2v) is 7.13. The zero-order valence-corrected chi connectivity index (χ0v) is 15.3. The molecule has 2 heterocycles. The quantitative estimate of drug-likeness (QED) is 0.498. The maximum Gasteiger partial charge on any atom is 0.325 e. The van der Waals surface area contributed by atoms with Gasteiger partial charge in [0.15, 0.2) is 6.10 Å². The van der Waals surface area contributed by atoms with Gasteiger partial charge in [0.2, 0.25) is 0 Å². The molecular weight excluding hydrogens is 356 g/mol. The highest BCUT2D eigenvalue weighted by atomic mass is 16.5. The van der Waals surface area contributed by atoms with Crippen molar-refractivity contribution in [3.63, 3.8) is 0 Å². The predicted octanol–water partition coefficient (Wildman–Crippen LogP) is 0.115. The first kappa shape index (κ1) is 19.1. The summed E-state index contributed by atoms with van der Waals surface area (Å²) in [6, 6.07) is -0.916. The number of ether oxygens (including phenoxy) is 1. The molecule has 2 N–H and O–H groups in total. The molecule has 1 saturated carbocycles. The molecule has 6 amide bonds. The van der Waals surface area contributed by atoms with Crippen molar-refractivity contribution in [2.24, 2.45) is 0 Å². The van der Waals surface area contributed by atoms with Crippen molar-refractivity contribution in [3.05, 3.63) is 0 Å². The number of hydrogen-bond donors (Lipinski definition) is 2. The van der Waals surface area contributed by atoms with Crippen molar-refractivity contribution in [1.29, 1.82) is 0 Å². The Kier molecular flexibility index (Phi) is 5.33. The highest BCUT2D eigenvalue weighted by molar-refractivity contribution is 6.07. The van der Waals surface area contributed by atoms with Gasteiger partial charge in [-0.05, 0) is 26.2 Å². The highest BCUT2D eigenvalue weighted by Gasteiger charge is 2.52. The van der Waals surface area contributed by atoms with Gasteiger partial charge in [-0.3, -0.25) is 24.2 Å². The summed E-state index contributed by atoms with van der Waals surface area (Å²) in [5.41, 5.74) is -0.755. The minimum Gasteiger partial charge on any atom is -0.453 e. The number of carbonyl (C=O) groups excluding carboxylic acids is 5. The summed E-state index contributed by atoms with van der Waals surface area (Å²) >= 11 is 0. The fraction of sp³-hybridized carbons (Fsp3) is 0.706. The van der Waals surface area contributed by atoms with Crippen molar-refractivity contribution in [3.8, 4) is 0 Å². The van der Waals surface area contributed by atoms with Crippen LogP contribution < -0.4 is 10.6 Å². The standard InChI is InChI=1S/C17H24N4O6/c1-11(13(23)20-10-8-18-15(20)25)27-12(22)5-4-9-21-14(24)17(19-16(21)26)6-2-3-7-17/h11H,2-10H2,1H3,(H,18,25)(H,19,26)/t11-/m0/s1. The van der Waals surface area contributed by atoms with Crippen LogP contribution in [0.15, 0.2) is 0 Å². The number of nitrogens with zero attached hydrogens (tertiary/aromatic N) is 2. The fourth-order valence-corrected chi connectivity index (χ4v) is 3.79. The first-order valence-corrected chi connectivity index (χ1v) is 9.27. The van der Waals surface area contributed by atoms with Gasteiger partial charge in [-0.2, -0.15) is 0 Å². The van der Waals surface area contributed by atoms with E-state index in [0.717, 1.165) is 22.6 Å². The molecule has 1 atom stereocenters. The summed E-state index contributed by atoms with van der Waals surface area (Å²) in [4.78, 5) is 62.2. The summed E-state index contributed by atoms with van der Waals surface area (Å²) in [5, 5.41) is 5.29. The lowest BCUT2D eigenvalue weighted by Crippen LogP contribution is -2.44. The van der Waals surface area contributed by atoms with Crippen LogP contribution in [0.3, 0.4) is 0 Å². The molecular formula is C17H24N4O6. The van der Waals surface area contributed by atoms with Gasteiger partial charge in [-0.15, -0.1) is 0 Å². The first-order chi connectivity index (χ1) is 12.8. The molecule has 3 aliphatic rings. The van der Waals surface area contributed by atoms with Gasteiger partial charge in [0.1, 0.15) is 5.54 Å². The van der Waals surface area contributed by atoms with Gasteiger partial charge in [0.05, 0.1) is 0 Å². The summed E-state index contributed by atoms with van der Waals surface area (Å²) in [6.45, 7) is 2.15. The number of rotatable bonds is 6. The van der Waals surface area contributed by atoms with E-state index < -0.39 is 35.6 Å². The number of urea groups is 2. The van der Waals surface area contributed by atoms with Gasteiger partial charge in [0, 0.05) is 26.1 Å². The molecule has 0 aromatic heterocycles. The Morgan fingerprint density at radius 1 is 1.19 bits per heavy atom. The van der Waals surface area contributed by atoms with Gasteiger partial charge in [-0.1, -0.05) is 12.8 Å². The van der Waals surface area contributed by atoms with Crippen LogP contribution >= 0.6 is 0 Å². The molecule has 2 aliphatic heterocycles. The maximum absolute atomic E-state index is 12.5. The summed E-state index contributed by atoms with van der Waals surface area (Å²) < 4.78 is 5.07. The third-order valence-corrected chi connectivity index (χ3v) is 5.24. The zero-order chi connectivity index (χ0) is 19.6. The number of carbonyl (C=O) groups is 5. The average molecular weight is 380 g/mol. The van der Waals surface area contributed by atoms with E-state index in [2.05, 4.69) is 10.6 Å². The van der Waals surface area contributed by atoms with E-state index in [0.29, 0.717) is 19.4 Å². The minimum atomic E-state index is -1.07. The predicted molar refractivity (Wildman–Crippen MR) is 91.3 cm³/mol. The molecule has 2 saturated heterocycles. The maximum atomic E-state index is 12.5. The molecule has 3 fully saturated rings. The van der Waals surface area contributed by atoms with E-state index in [1.165, 1.54) is 6.92 Å². The van der Waals surface area contributed by atoms with Crippen molar-refractivity contribution in [2.75, 3.05) is 19.6 Å². The SMILES string of the molecule is C[C@H](OC(=O)CCCN1C(=O)NC2(CCCC2)C1=O)C(=O)N1CCNC1=O. The molecule has 0 unspecified atom stereocenters. The van der Waals surface area contributed by atoms with Crippen LogP contribution in [0, 0.1) is 0 Å². The molecule has 1 aliphatic carbocycles. The lowest BCUT2D eigenvalue weighted by Gasteiger charge is -2.20. The minimum absolute atomic E-state index is 0.0339. The van der Waals surface area contributed by atoms with Crippen LogP contribution in [0.5, 0.6) is 0 Å². The summed E-state index contributed by atoms with van der Waals surface area (Å²) in [7, 11) is 0. The molecule has 0 radical (unpaired) electrons. The Balaban J connectivity index is 1.43. The molecule has 10 nitrogen and oxygen atoms in total. The lowest BCUT2D eigenvalue weighted by atomic mass is 9.98. The van der Waals surface area contributed by atoms with Crippen LogP contribution in [0.4, 0.5) is 9.59 Å². The first-order valence-electron chi connectivity index (χ1n) is 9.27. The van der Waals surface area contributed by atoms with Crippen LogP contribution in [0.25, 0.3) is 0 Å². The normalized spacial score (nSPS) is 22.2. The van der Waals surface area contributed by atoms with Gasteiger partial charge in [-0.25, -0.2) is 9.59 Å². The van der Waals surface area contributed by atoms with Gasteiger partial charge >= 0.3 is 18.0 Å². The molecule has 27 heavy (non-hydrogen) atoms. The molecule has 0 aromatic carbocycles. The van der Waals surface area contributed by atoms with Crippen LogP contribution in [-0.4, -0.2) is 70.9 Å². The Bertz CT molecular complexity index is 672. The Morgan fingerprint density at radius 2 is 1.89 bits per heavy atom. The van der Waals surface area contributed by atoms with E-state index >= 15 is 0 Å². The molecule has 148 valence electrons. The van der Waals surface area contributed by atoms with Crippen LogP contribution in [0.1, 0.15) is 45.4 Å². The fourth-order valence-electron chi connectivity index (χ4n) is 3.79. The Hall–Kier alpha value is -2.65. The van der Waals surface area contributed by atoms with E-state index in [4.69, 9.17) is 4.74 Å². The largest absolute Gasteiger partial charge is 0.453 e. The molecule has 0 aromatic rings. The average Bonchev–Trinajstić information content (AvgIpc) is 3.31. The van der Waals surface area contributed by atoms with Crippen LogP contribution in [0.2, 0.25) is 0 Å². The zero-order valence-electron chi connectivity index (χ0n) is 15.3. The van der Waals surface area contributed by atoms with E-state index in [9.17, 15) is 24.0 Å². The van der Waals surface area contributed by atoms with Crippen molar-refractivity contribution < 1.29 is 28.7 Å².